The lowest BCUT2D eigenvalue weighted by molar-refractivity contribution is -0.141. The van der Waals surface area contributed by atoms with E-state index in [-0.39, 0.29) is 5.97 Å². The van der Waals surface area contributed by atoms with Crippen LogP contribution in [0.2, 0.25) is 0 Å². The molecule has 5 nitrogen and oxygen atoms in total. The Kier molecular flexibility index (Phi) is 4.56. The first kappa shape index (κ1) is 14.6. The summed E-state index contributed by atoms with van der Waals surface area (Å²) in [5, 5.41) is 3.09. The smallest absolute Gasteiger partial charge is 0.332 e. The fraction of sp³-hybridized carbons (Fsp3) is 0.125. The predicted octanol–water partition coefficient (Wildman–Crippen LogP) is 2.11. The van der Waals surface area contributed by atoms with Crippen LogP contribution in [-0.4, -0.2) is 19.0 Å². The Morgan fingerprint density at radius 3 is 2.19 bits per heavy atom. The predicted molar refractivity (Wildman–Crippen MR) is 79.8 cm³/mol. The Bertz CT molecular complexity index is 624. The molecule has 0 spiro atoms. The van der Waals surface area contributed by atoms with E-state index in [1.165, 1.54) is 7.11 Å². The van der Waals surface area contributed by atoms with Crippen LogP contribution in [0.5, 0.6) is 0 Å². The van der Waals surface area contributed by atoms with Crippen molar-refractivity contribution in [2.45, 2.75) is 6.04 Å². The molecule has 2 aromatic carbocycles. The molecule has 0 bridgehead atoms. The van der Waals surface area contributed by atoms with Crippen LogP contribution in [-0.2, 0) is 9.53 Å². The number of benzene rings is 2. The molecule has 0 saturated heterocycles. The number of esters is 1. The Balaban J connectivity index is 2.23. The Morgan fingerprint density at radius 2 is 1.67 bits per heavy atom. The van der Waals surface area contributed by atoms with Gasteiger partial charge in [0.05, 0.1) is 7.11 Å². The number of hydrogen-bond acceptors (Lipinski definition) is 4. The molecular formula is C16H16N2O3. The molecule has 2 rings (SSSR count). The molecule has 0 heterocycles. The first-order valence-electron chi connectivity index (χ1n) is 6.41. The summed E-state index contributed by atoms with van der Waals surface area (Å²) in [6.07, 6.45) is 0. The molecule has 3 N–H and O–H groups in total. The average molecular weight is 284 g/mol. The van der Waals surface area contributed by atoms with E-state index in [1.807, 2.05) is 30.3 Å². The molecule has 0 aliphatic rings. The standard InChI is InChI=1S/C16H16N2O3/c1-21-16(20)14(11-5-3-2-4-6-11)18-13-9-7-12(8-10-13)15(17)19/h2-10,14,18H,1H3,(H2,17,19). The zero-order chi connectivity index (χ0) is 15.2. The van der Waals surface area contributed by atoms with Gasteiger partial charge in [-0.1, -0.05) is 30.3 Å². The molecular weight excluding hydrogens is 268 g/mol. The lowest BCUT2D eigenvalue weighted by Crippen LogP contribution is -2.22. The highest BCUT2D eigenvalue weighted by molar-refractivity contribution is 5.93. The van der Waals surface area contributed by atoms with Gasteiger partial charge in [0, 0.05) is 11.3 Å². The van der Waals surface area contributed by atoms with Crippen LogP contribution >= 0.6 is 0 Å². The number of ether oxygens (including phenoxy) is 1. The summed E-state index contributed by atoms with van der Waals surface area (Å²) in [5.74, 6) is -0.880. The summed E-state index contributed by atoms with van der Waals surface area (Å²) in [7, 11) is 1.34. The number of rotatable bonds is 5. The van der Waals surface area contributed by atoms with Crippen LogP contribution in [0.3, 0.4) is 0 Å². The van der Waals surface area contributed by atoms with Gasteiger partial charge in [-0.05, 0) is 29.8 Å². The number of methoxy groups -OCH3 is 1. The van der Waals surface area contributed by atoms with Gasteiger partial charge in [-0.3, -0.25) is 4.79 Å². The molecule has 1 amide bonds. The topological polar surface area (TPSA) is 81.4 Å². The zero-order valence-corrected chi connectivity index (χ0v) is 11.6. The Hall–Kier alpha value is -2.82. The summed E-state index contributed by atoms with van der Waals surface area (Å²) in [6, 6.07) is 15.2. The maximum Gasteiger partial charge on any atom is 0.332 e. The normalized spacial score (nSPS) is 11.5. The van der Waals surface area contributed by atoms with E-state index in [4.69, 9.17) is 10.5 Å². The number of carbonyl (C=O) groups is 2. The lowest BCUT2D eigenvalue weighted by atomic mass is 10.1. The molecule has 0 saturated carbocycles. The minimum absolute atomic E-state index is 0.389. The van der Waals surface area contributed by atoms with E-state index in [2.05, 4.69) is 5.32 Å². The maximum absolute atomic E-state index is 11.9. The van der Waals surface area contributed by atoms with E-state index in [0.717, 1.165) is 5.56 Å². The van der Waals surface area contributed by atoms with Crippen molar-refractivity contribution in [3.8, 4) is 0 Å². The second-order valence-corrected chi connectivity index (χ2v) is 4.45. The highest BCUT2D eigenvalue weighted by atomic mass is 16.5. The summed E-state index contributed by atoms with van der Waals surface area (Å²) < 4.78 is 4.83. The molecule has 0 aliphatic carbocycles. The fourth-order valence-electron chi connectivity index (χ4n) is 1.94. The number of anilines is 1. The molecule has 1 unspecified atom stereocenters. The molecule has 21 heavy (non-hydrogen) atoms. The average Bonchev–Trinajstić information content (AvgIpc) is 2.53. The van der Waals surface area contributed by atoms with Gasteiger partial charge in [-0.25, -0.2) is 4.79 Å². The number of nitrogens with one attached hydrogen (secondary N) is 1. The molecule has 0 aliphatic heterocycles. The van der Waals surface area contributed by atoms with E-state index in [9.17, 15) is 9.59 Å². The summed E-state index contributed by atoms with van der Waals surface area (Å²) in [4.78, 5) is 23.0. The van der Waals surface area contributed by atoms with Crippen molar-refractivity contribution in [3.05, 3.63) is 65.7 Å². The Labute approximate surface area is 122 Å². The lowest BCUT2D eigenvalue weighted by Gasteiger charge is -2.18. The third-order valence-corrected chi connectivity index (χ3v) is 3.05. The van der Waals surface area contributed by atoms with E-state index in [0.29, 0.717) is 11.3 Å². The summed E-state index contributed by atoms with van der Waals surface area (Å²) in [6.45, 7) is 0. The van der Waals surface area contributed by atoms with Gasteiger partial charge in [0.2, 0.25) is 5.91 Å². The van der Waals surface area contributed by atoms with Crippen LogP contribution < -0.4 is 11.1 Å². The van der Waals surface area contributed by atoms with Crippen molar-refractivity contribution >= 4 is 17.6 Å². The van der Waals surface area contributed by atoms with Crippen molar-refractivity contribution in [1.29, 1.82) is 0 Å². The number of amides is 1. The minimum Gasteiger partial charge on any atom is -0.467 e. The van der Waals surface area contributed by atoms with Crippen molar-refractivity contribution in [1.82, 2.24) is 0 Å². The van der Waals surface area contributed by atoms with Gasteiger partial charge in [-0.15, -0.1) is 0 Å². The molecule has 108 valence electrons. The quantitative estimate of drug-likeness (QED) is 0.824. The number of hydrogen-bond donors (Lipinski definition) is 2. The summed E-state index contributed by atoms with van der Waals surface area (Å²) >= 11 is 0. The van der Waals surface area contributed by atoms with Crippen molar-refractivity contribution in [2.75, 3.05) is 12.4 Å². The first-order chi connectivity index (χ1) is 10.1. The van der Waals surface area contributed by atoms with Crippen molar-refractivity contribution < 1.29 is 14.3 Å². The van der Waals surface area contributed by atoms with Gasteiger partial charge in [0.25, 0.3) is 0 Å². The largest absolute Gasteiger partial charge is 0.467 e. The monoisotopic (exact) mass is 284 g/mol. The van der Waals surface area contributed by atoms with Gasteiger partial charge in [0.1, 0.15) is 0 Å². The molecule has 1 atom stereocenters. The van der Waals surface area contributed by atoms with E-state index < -0.39 is 11.9 Å². The summed E-state index contributed by atoms with van der Waals surface area (Å²) in [5.41, 5.74) is 7.09. The number of nitrogens with two attached hydrogens (primary N) is 1. The first-order valence-corrected chi connectivity index (χ1v) is 6.41. The highest BCUT2D eigenvalue weighted by Crippen LogP contribution is 2.21. The molecule has 5 heteroatoms. The Morgan fingerprint density at radius 1 is 1.05 bits per heavy atom. The van der Waals surface area contributed by atoms with Crippen molar-refractivity contribution in [3.63, 3.8) is 0 Å². The molecule has 2 aromatic rings. The van der Waals surface area contributed by atoms with Gasteiger partial charge >= 0.3 is 5.97 Å². The van der Waals surface area contributed by atoms with Crippen LogP contribution in [0, 0.1) is 0 Å². The molecule has 0 radical (unpaired) electrons. The SMILES string of the molecule is COC(=O)C(Nc1ccc(C(N)=O)cc1)c1ccccc1. The number of primary amides is 1. The second-order valence-electron chi connectivity index (χ2n) is 4.45. The minimum atomic E-state index is -0.615. The van der Waals surface area contributed by atoms with Crippen LogP contribution in [0.25, 0.3) is 0 Å². The zero-order valence-electron chi connectivity index (χ0n) is 11.6. The highest BCUT2D eigenvalue weighted by Gasteiger charge is 2.20. The van der Waals surface area contributed by atoms with Crippen molar-refractivity contribution in [2.24, 2.45) is 5.73 Å². The number of carbonyl (C=O) groups excluding carboxylic acids is 2. The maximum atomic E-state index is 11.9. The van der Waals surface area contributed by atoms with E-state index >= 15 is 0 Å². The van der Waals surface area contributed by atoms with E-state index in [1.54, 1.807) is 24.3 Å². The van der Waals surface area contributed by atoms with Gasteiger partial charge in [-0.2, -0.15) is 0 Å². The van der Waals surface area contributed by atoms with Gasteiger partial charge in [0.15, 0.2) is 6.04 Å². The molecule has 0 aromatic heterocycles. The third kappa shape index (κ3) is 3.60. The van der Waals surface area contributed by atoms with Gasteiger partial charge < -0.3 is 15.8 Å². The third-order valence-electron chi connectivity index (χ3n) is 3.05. The molecule has 0 fully saturated rings. The van der Waals surface area contributed by atoms with Crippen LogP contribution in [0.1, 0.15) is 22.0 Å². The second kappa shape index (κ2) is 6.56. The van der Waals surface area contributed by atoms with Crippen LogP contribution in [0.15, 0.2) is 54.6 Å². The fourth-order valence-corrected chi connectivity index (χ4v) is 1.94. The van der Waals surface area contributed by atoms with Crippen LogP contribution in [0.4, 0.5) is 5.69 Å².